The maximum Gasteiger partial charge on any atom is 0.407 e. The van der Waals surface area contributed by atoms with Gasteiger partial charge in [0.2, 0.25) is 0 Å². The molecule has 0 saturated heterocycles. The Labute approximate surface area is 126 Å². The molecule has 1 aromatic rings. The standard InChI is InChI=1S/C13H17IN2O3/c1-8(17)10-5-9(6-11(14)16-10)7-15-12(18)19-13(2,3)4/h5-6H,7H2,1-4H3,(H,15,18). The molecule has 0 spiro atoms. The van der Waals surface area contributed by atoms with Crippen LogP contribution in [0, 0.1) is 3.70 Å². The van der Waals surface area contributed by atoms with E-state index in [0.29, 0.717) is 15.9 Å². The second-order valence-electron chi connectivity index (χ2n) is 5.09. The molecule has 1 aromatic heterocycles. The minimum atomic E-state index is -0.526. The average molecular weight is 376 g/mol. The molecule has 0 aliphatic carbocycles. The van der Waals surface area contributed by atoms with Gasteiger partial charge in [0.15, 0.2) is 5.78 Å². The van der Waals surface area contributed by atoms with Crippen LogP contribution < -0.4 is 5.32 Å². The maximum absolute atomic E-state index is 11.5. The fraction of sp³-hybridized carbons (Fsp3) is 0.462. The van der Waals surface area contributed by atoms with Gasteiger partial charge in [0.25, 0.3) is 0 Å². The van der Waals surface area contributed by atoms with Gasteiger partial charge in [-0.3, -0.25) is 4.79 Å². The molecule has 1 rings (SSSR count). The van der Waals surface area contributed by atoms with Gasteiger partial charge in [0.1, 0.15) is 15.0 Å². The summed E-state index contributed by atoms with van der Waals surface area (Å²) in [5.74, 6) is -0.1000. The Morgan fingerprint density at radius 1 is 1.37 bits per heavy atom. The molecule has 0 aliphatic rings. The third-order valence-electron chi connectivity index (χ3n) is 2.05. The topological polar surface area (TPSA) is 68.3 Å². The van der Waals surface area contributed by atoms with E-state index >= 15 is 0 Å². The Kier molecular flexibility index (Phi) is 5.28. The Balaban J connectivity index is 2.68. The van der Waals surface area contributed by atoms with Crippen molar-refractivity contribution in [3.05, 3.63) is 27.1 Å². The van der Waals surface area contributed by atoms with Gasteiger partial charge in [0.05, 0.1) is 0 Å². The normalized spacial score (nSPS) is 11.0. The van der Waals surface area contributed by atoms with Crippen LogP contribution in [0.15, 0.2) is 12.1 Å². The highest BCUT2D eigenvalue weighted by molar-refractivity contribution is 14.1. The van der Waals surface area contributed by atoms with Gasteiger partial charge in [-0.15, -0.1) is 0 Å². The van der Waals surface area contributed by atoms with Crippen LogP contribution in [0.25, 0.3) is 0 Å². The number of ether oxygens (including phenoxy) is 1. The monoisotopic (exact) mass is 376 g/mol. The van der Waals surface area contributed by atoms with Gasteiger partial charge in [0, 0.05) is 13.5 Å². The number of pyridine rings is 1. The second kappa shape index (κ2) is 6.31. The van der Waals surface area contributed by atoms with E-state index < -0.39 is 11.7 Å². The molecule has 0 radical (unpaired) electrons. The molecule has 0 bridgehead atoms. The van der Waals surface area contributed by atoms with Crippen molar-refractivity contribution in [2.75, 3.05) is 0 Å². The Morgan fingerprint density at radius 3 is 2.53 bits per heavy atom. The lowest BCUT2D eigenvalue weighted by Crippen LogP contribution is -2.32. The molecule has 19 heavy (non-hydrogen) atoms. The molecular weight excluding hydrogens is 359 g/mol. The molecule has 0 fully saturated rings. The first-order chi connectivity index (χ1) is 8.67. The van der Waals surface area contributed by atoms with E-state index in [0.717, 1.165) is 5.56 Å². The molecule has 0 aromatic carbocycles. The minimum absolute atomic E-state index is 0.1000. The van der Waals surface area contributed by atoms with Crippen molar-refractivity contribution in [1.82, 2.24) is 10.3 Å². The summed E-state index contributed by atoms with van der Waals surface area (Å²) in [4.78, 5) is 26.9. The minimum Gasteiger partial charge on any atom is -0.444 e. The molecule has 6 heteroatoms. The van der Waals surface area contributed by atoms with Gasteiger partial charge in [-0.2, -0.15) is 0 Å². The van der Waals surface area contributed by atoms with E-state index in [2.05, 4.69) is 10.3 Å². The third-order valence-corrected chi connectivity index (χ3v) is 2.60. The van der Waals surface area contributed by atoms with Crippen LogP contribution in [0.5, 0.6) is 0 Å². The summed E-state index contributed by atoms with van der Waals surface area (Å²) in [7, 11) is 0. The summed E-state index contributed by atoms with van der Waals surface area (Å²) in [6.45, 7) is 7.17. The predicted octanol–water partition coefficient (Wildman–Crippen LogP) is 2.91. The molecule has 0 saturated carbocycles. The first-order valence-corrected chi connectivity index (χ1v) is 6.89. The lowest BCUT2D eigenvalue weighted by atomic mass is 10.2. The number of aromatic nitrogens is 1. The number of ketones is 1. The SMILES string of the molecule is CC(=O)c1cc(CNC(=O)OC(C)(C)C)cc(I)n1. The second-order valence-corrected chi connectivity index (χ2v) is 6.20. The Morgan fingerprint density at radius 2 is 2.00 bits per heavy atom. The zero-order valence-electron chi connectivity index (χ0n) is 11.4. The number of amides is 1. The number of hydrogen-bond donors (Lipinski definition) is 1. The largest absolute Gasteiger partial charge is 0.444 e. The molecule has 104 valence electrons. The summed E-state index contributed by atoms with van der Waals surface area (Å²) in [5.41, 5.74) is 0.685. The average Bonchev–Trinajstić information content (AvgIpc) is 2.23. The molecule has 1 heterocycles. The van der Waals surface area contributed by atoms with E-state index in [-0.39, 0.29) is 5.78 Å². The first kappa shape index (κ1) is 15.9. The number of rotatable bonds is 3. The van der Waals surface area contributed by atoms with Crippen molar-refractivity contribution < 1.29 is 14.3 Å². The van der Waals surface area contributed by atoms with E-state index in [9.17, 15) is 9.59 Å². The summed E-state index contributed by atoms with van der Waals surface area (Å²) >= 11 is 2.04. The van der Waals surface area contributed by atoms with Crippen molar-refractivity contribution in [3.8, 4) is 0 Å². The Hall–Kier alpha value is -1.18. The molecule has 0 atom stereocenters. The van der Waals surface area contributed by atoms with Crippen LogP contribution in [0.4, 0.5) is 4.79 Å². The molecule has 0 unspecified atom stereocenters. The zero-order chi connectivity index (χ0) is 14.6. The quantitative estimate of drug-likeness (QED) is 0.501. The van der Waals surface area contributed by atoms with Crippen molar-refractivity contribution in [3.63, 3.8) is 0 Å². The molecular formula is C13H17IN2O3. The first-order valence-electron chi connectivity index (χ1n) is 5.81. The summed E-state index contributed by atoms with van der Waals surface area (Å²) in [6, 6.07) is 3.48. The van der Waals surface area contributed by atoms with Gasteiger partial charge >= 0.3 is 6.09 Å². The van der Waals surface area contributed by atoms with Crippen LogP contribution >= 0.6 is 22.6 Å². The molecule has 0 aliphatic heterocycles. The number of hydrogen-bond acceptors (Lipinski definition) is 4. The van der Waals surface area contributed by atoms with Gasteiger partial charge < -0.3 is 10.1 Å². The third kappa shape index (κ3) is 6.00. The van der Waals surface area contributed by atoms with Crippen molar-refractivity contribution >= 4 is 34.5 Å². The van der Waals surface area contributed by atoms with E-state index in [1.54, 1.807) is 26.8 Å². The van der Waals surface area contributed by atoms with Crippen molar-refractivity contribution in [1.29, 1.82) is 0 Å². The lowest BCUT2D eigenvalue weighted by Gasteiger charge is -2.19. The zero-order valence-corrected chi connectivity index (χ0v) is 13.6. The van der Waals surface area contributed by atoms with Crippen molar-refractivity contribution in [2.45, 2.75) is 39.8 Å². The highest BCUT2D eigenvalue weighted by Crippen LogP contribution is 2.10. The predicted molar refractivity (Wildman–Crippen MR) is 80.0 cm³/mol. The highest BCUT2D eigenvalue weighted by atomic mass is 127. The van der Waals surface area contributed by atoms with E-state index in [1.807, 2.05) is 28.7 Å². The van der Waals surface area contributed by atoms with Gasteiger partial charge in [-0.25, -0.2) is 9.78 Å². The lowest BCUT2D eigenvalue weighted by molar-refractivity contribution is 0.0523. The molecule has 1 N–H and O–H groups in total. The molecule has 1 amide bonds. The van der Waals surface area contributed by atoms with Crippen LogP contribution in [-0.2, 0) is 11.3 Å². The number of nitrogens with zero attached hydrogens (tertiary/aromatic N) is 1. The summed E-state index contributed by atoms with van der Waals surface area (Å²) < 4.78 is 5.85. The summed E-state index contributed by atoms with van der Waals surface area (Å²) in [6.07, 6.45) is -0.483. The fourth-order valence-corrected chi connectivity index (χ4v) is 1.98. The van der Waals surface area contributed by atoms with Crippen molar-refractivity contribution in [2.24, 2.45) is 0 Å². The van der Waals surface area contributed by atoms with Crippen LogP contribution in [0.3, 0.4) is 0 Å². The highest BCUT2D eigenvalue weighted by Gasteiger charge is 2.16. The molecule has 5 nitrogen and oxygen atoms in total. The van der Waals surface area contributed by atoms with Crippen LogP contribution in [-0.4, -0.2) is 22.5 Å². The Bertz CT molecular complexity index is 495. The number of Topliss-reactive ketones (excluding diaryl/α,β-unsaturated/α-hetero) is 1. The smallest absolute Gasteiger partial charge is 0.407 e. The van der Waals surface area contributed by atoms with Crippen LogP contribution in [0.1, 0.15) is 43.7 Å². The number of alkyl carbamates (subject to hydrolysis) is 1. The van der Waals surface area contributed by atoms with E-state index in [1.165, 1.54) is 6.92 Å². The number of carbonyl (C=O) groups excluding carboxylic acids is 2. The number of nitrogens with one attached hydrogen (secondary N) is 1. The fourth-order valence-electron chi connectivity index (χ4n) is 1.32. The van der Waals surface area contributed by atoms with Gasteiger partial charge in [-0.05, 0) is 61.1 Å². The van der Waals surface area contributed by atoms with Gasteiger partial charge in [-0.1, -0.05) is 0 Å². The van der Waals surface area contributed by atoms with E-state index in [4.69, 9.17) is 4.74 Å². The number of carbonyl (C=O) groups is 2. The van der Waals surface area contributed by atoms with Crippen LogP contribution in [0.2, 0.25) is 0 Å². The number of halogens is 1. The maximum atomic E-state index is 11.5. The summed E-state index contributed by atoms with van der Waals surface area (Å²) in [5, 5.41) is 2.65.